The quantitative estimate of drug-likeness (QED) is 0.783. The Labute approximate surface area is 96.3 Å². The van der Waals surface area contributed by atoms with E-state index < -0.39 is 0 Å². The molecule has 0 aromatic carbocycles. The third-order valence-electron chi connectivity index (χ3n) is 2.23. The molecule has 80 valence electrons. The minimum absolute atomic E-state index is 0. The zero-order chi connectivity index (χ0) is 8.39. The fraction of sp³-hybridized carbons (Fsp3) is 0.444. The molecule has 5 heteroatoms. The number of nitrogens with zero attached hydrogens (tertiary/aromatic N) is 1. The number of rotatable bonds is 1. The van der Waals surface area contributed by atoms with E-state index in [9.17, 15) is 0 Å². The highest BCUT2D eigenvalue weighted by atomic mass is 35.5. The summed E-state index contributed by atoms with van der Waals surface area (Å²) in [6.07, 6.45) is 4.16. The van der Waals surface area contributed by atoms with Gasteiger partial charge in [0.15, 0.2) is 0 Å². The van der Waals surface area contributed by atoms with Crippen LogP contribution in [-0.2, 0) is 0 Å². The van der Waals surface area contributed by atoms with Crippen LogP contribution in [-0.4, -0.2) is 11.5 Å². The molecular formula is C9H15Cl2N3. The van der Waals surface area contributed by atoms with Crippen LogP contribution in [0, 0.1) is 0 Å². The summed E-state index contributed by atoms with van der Waals surface area (Å²) in [5, 5.41) is 3.39. The molecule has 1 aromatic rings. The van der Waals surface area contributed by atoms with Crippen LogP contribution in [0.1, 0.15) is 24.6 Å². The molecule has 0 amide bonds. The molecule has 0 aliphatic carbocycles. The standard InChI is InChI=1S/C9H13N3.2ClH/c10-7-3-4-9(12-6-7)8-2-1-5-11-8;;/h3-4,6,8,11H,1-2,5,10H2;2*1H. The lowest BCUT2D eigenvalue weighted by molar-refractivity contribution is 0.628. The maximum Gasteiger partial charge on any atom is 0.0574 e. The average molecular weight is 236 g/mol. The largest absolute Gasteiger partial charge is 0.397 e. The molecule has 1 aliphatic heterocycles. The van der Waals surface area contributed by atoms with E-state index in [-0.39, 0.29) is 24.8 Å². The lowest BCUT2D eigenvalue weighted by atomic mass is 10.1. The number of pyridine rings is 1. The van der Waals surface area contributed by atoms with Crippen molar-refractivity contribution in [3.63, 3.8) is 0 Å². The second kappa shape index (κ2) is 6.06. The number of aromatic nitrogens is 1. The second-order valence-electron chi connectivity index (χ2n) is 3.17. The SMILES string of the molecule is Cl.Cl.Nc1ccc(C2CCCN2)nc1. The molecule has 0 saturated carbocycles. The molecule has 0 bridgehead atoms. The topological polar surface area (TPSA) is 50.9 Å². The van der Waals surface area contributed by atoms with Crippen LogP contribution in [0.5, 0.6) is 0 Å². The monoisotopic (exact) mass is 235 g/mol. The number of hydrogen-bond acceptors (Lipinski definition) is 3. The second-order valence-corrected chi connectivity index (χ2v) is 3.17. The van der Waals surface area contributed by atoms with E-state index in [4.69, 9.17) is 5.73 Å². The van der Waals surface area contributed by atoms with Crippen molar-refractivity contribution in [2.45, 2.75) is 18.9 Å². The smallest absolute Gasteiger partial charge is 0.0574 e. The van der Waals surface area contributed by atoms with Gasteiger partial charge in [-0.25, -0.2) is 0 Å². The van der Waals surface area contributed by atoms with Crippen LogP contribution in [0.15, 0.2) is 18.3 Å². The molecular weight excluding hydrogens is 221 g/mol. The number of nitrogens with one attached hydrogen (secondary N) is 1. The van der Waals surface area contributed by atoms with Gasteiger partial charge in [0.05, 0.1) is 17.6 Å². The van der Waals surface area contributed by atoms with Crippen LogP contribution in [0.25, 0.3) is 0 Å². The van der Waals surface area contributed by atoms with E-state index >= 15 is 0 Å². The van der Waals surface area contributed by atoms with Gasteiger partial charge in [-0.1, -0.05) is 0 Å². The fourth-order valence-corrected chi connectivity index (χ4v) is 1.56. The van der Waals surface area contributed by atoms with Gasteiger partial charge in [-0.15, -0.1) is 24.8 Å². The maximum absolute atomic E-state index is 5.54. The van der Waals surface area contributed by atoms with E-state index in [2.05, 4.69) is 10.3 Å². The summed E-state index contributed by atoms with van der Waals surface area (Å²) < 4.78 is 0. The van der Waals surface area contributed by atoms with Crippen molar-refractivity contribution in [3.05, 3.63) is 24.0 Å². The van der Waals surface area contributed by atoms with Crippen molar-refractivity contribution >= 4 is 30.5 Å². The van der Waals surface area contributed by atoms with E-state index in [0.29, 0.717) is 6.04 Å². The van der Waals surface area contributed by atoms with Gasteiger partial charge in [-0.3, -0.25) is 4.98 Å². The third kappa shape index (κ3) is 3.01. The van der Waals surface area contributed by atoms with Gasteiger partial charge >= 0.3 is 0 Å². The zero-order valence-electron chi connectivity index (χ0n) is 7.77. The Balaban J connectivity index is 0.000000845. The number of halogens is 2. The molecule has 1 atom stereocenters. The Hall–Kier alpha value is -0.510. The normalized spacial score (nSPS) is 19.6. The first kappa shape index (κ1) is 13.5. The van der Waals surface area contributed by atoms with Crippen molar-refractivity contribution in [2.24, 2.45) is 0 Å². The molecule has 2 rings (SSSR count). The van der Waals surface area contributed by atoms with Gasteiger partial charge in [-0.2, -0.15) is 0 Å². The van der Waals surface area contributed by atoms with Crippen molar-refractivity contribution in [3.8, 4) is 0 Å². The summed E-state index contributed by atoms with van der Waals surface area (Å²) in [5.74, 6) is 0. The van der Waals surface area contributed by atoms with Crippen LogP contribution in [0.2, 0.25) is 0 Å². The summed E-state index contributed by atoms with van der Waals surface area (Å²) in [6, 6.07) is 4.35. The van der Waals surface area contributed by atoms with E-state index in [1.807, 2.05) is 12.1 Å². The van der Waals surface area contributed by atoms with Crippen LogP contribution in [0.3, 0.4) is 0 Å². The highest BCUT2D eigenvalue weighted by Crippen LogP contribution is 2.21. The van der Waals surface area contributed by atoms with Crippen molar-refractivity contribution in [1.29, 1.82) is 0 Å². The van der Waals surface area contributed by atoms with Gasteiger partial charge in [0, 0.05) is 6.04 Å². The predicted molar refractivity (Wildman–Crippen MR) is 63.1 cm³/mol. The fourth-order valence-electron chi connectivity index (χ4n) is 1.56. The Morgan fingerprint density at radius 1 is 1.36 bits per heavy atom. The lowest BCUT2D eigenvalue weighted by Gasteiger charge is -2.08. The van der Waals surface area contributed by atoms with Gasteiger partial charge in [0.1, 0.15) is 0 Å². The van der Waals surface area contributed by atoms with Gasteiger partial charge < -0.3 is 11.1 Å². The minimum Gasteiger partial charge on any atom is -0.397 e. The molecule has 0 spiro atoms. The number of nitrogen functional groups attached to an aromatic ring is 1. The maximum atomic E-state index is 5.54. The molecule has 2 heterocycles. The van der Waals surface area contributed by atoms with E-state index in [0.717, 1.165) is 17.9 Å². The van der Waals surface area contributed by atoms with Gasteiger partial charge in [0.25, 0.3) is 0 Å². The highest BCUT2D eigenvalue weighted by Gasteiger charge is 2.16. The van der Waals surface area contributed by atoms with Gasteiger partial charge in [-0.05, 0) is 31.5 Å². The summed E-state index contributed by atoms with van der Waals surface area (Å²) in [6.45, 7) is 1.11. The zero-order valence-corrected chi connectivity index (χ0v) is 9.40. The molecule has 1 aromatic heterocycles. The van der Waals surface area contributed by atoms with Crippen molar-refractivity contribution in [2.75, 3.05) is 12.3 Å². The number of hydrogen-bond donors (Lipinski definition) is 2. The van der Waals surface area contributed by atoms with Crippen LogP contribution < -0.4 is 11.1 Å². The molecule has 1 unspecified atom stereocenters. The molecule has 3 nitrogen and oxygen atoms in total. The molecule has 1 saturated heterocycles. The molecule has 1 fully saturated rings. The molecule has 14 heavy (non-hydrogen) atoms. The van der Waals surface area contributed by atoms with E-state index in [1.54, 1.807) is 6.20 Å². The first-order chi connectivity index (χ1) is 5.86. The predicted octanol–water partition coefficient (Wildman–Crippen LogP) is 1.93. The summed E-state index contributed by atoms with van der Waals surface area (Å²) in [5.41, 5.74) is 7.39. The van der Waals surface area contributed by atoms with Gasteiger partial charge in [0.2, 0.25) is 0 Å². The lowest BCUT2D eigenvalue weighted by Crippen LogP contribution is -2.14. The highest BCUT2D eigenvalue weighted by molar-refractivity contribution is 5.85. The molecule has 3 N–H and O–H groups in total. The minimum atomic E-state index is 0. The Bertz CT molecular complexity index is 257. The summed E-state index contributed by atoms with van der Waals surface area (Å²) in [4.78, 5) is 4.27. The Kier molecular flexibility index (Phi) is 5.84. The Morgan fingerprint density at radius 3 is 2.64 bits per heavy atom. The Morgan fingerprint density at radius 2 is 2.14 bits per heavy atom. The number of nitrogens with two attached hydrogens (primary N) is 1. The van der Waals surface area contributed by atoms with Crippen LogP contribution in [0.4, 0.5) is 5.69 Å². The first-order valence-electron chi connectivity index (χ1n) is 4.31. The molecule has 0 radical (unpaired) electrons. The number of anilines is 1. The van der Waals surface area contributed by atoms with Crippen molar-refractivity contribution < 1.29 is 0 Å². The third-order valence-corrected chi connectivity index (χ3v) is 2.23. The summed E-state index contributed by atoms with van der Waals surface area (Å²) >= 11 is 0. The first-order valence-corrected chi connectivity index (χ1v) is 4.31. The summed E-state index contributed by atoms with van der Waals surface area (Å²) in [7, 11) is 0. The average Bonchev–Trinajstić information content (AvgIpc) is 2.58. The van der Waals surface area contributed by atoms with Crippen LogP contribution >= 0.6 is 24.8 Å². The van der Waals surface area contributed by atoms with Crippen molar-refractivity contribution in [1.82, 2.24) is 10.3 Å². The molecule has 1 aliphatic rings. The van der Waals surface area contributed by atoms with E-state index in [1.165, 1.54) is 12.8 Å².